The van der Waals surface area contributed by atoms with E-state index in [0.717, 1.165) is 41.6 Å². The number of H-pyrrole nitrogens is 1. The Balaban J connectivity index is 1.52. The Morgan fingerprint density at radius 2 is 1.88 bits per heavy atom. The molecule has 2 aliphatic carbocycles. The second kappa shape index (κ2) is 9.14. The van der Waals surface area contributed by atoms with Gasteiger partial charge in [0, 0.05) is 23.7 Å². The lowest BCUT2D eigenvalue weighted by Crippen LogP contribution is -2.39. The predicted octanol–water partition coefficient (Wildman–Crippen LogP) is 4.83. The zero-order valence-electron chi connectivity index (χ0n) is 19.3. The number of nitrogens with zero attached hydrogens (tertiary/aromatic N) is 5. The lowest BCUT2D eigenvalue weighted by molar-refractivity contribution is 0.110. The van der Waals surface area contributed by atoms with Crippen LogP contribution in [0.1, 0.15) is 93.7 Å². The van der Waals surface area contributed by atoms with Crippen molar-refractivity contribution in [1.29, 1.82) is 0 Å². The third kappa shape index (κ3) is 4.10. The summed E-state index contributed by atoms with van der Waals surface area (Å²) in [6, 6.07) is 9.24. The predicted molar refractivity (Wildman–Crippen MR) is 125 cm³/mol. The highest BCUT2D eigenvalue weighted by atomic mass is 16.1. The average Bonchev–Trinajstić information content (AvgIpc) is 3.55. The van der Waals surface area contributed by atoms with Gasteiger partial charge in [-0.25, -0.2) is 4.68 Å². The van der Waals surface area contributed by atoms with Crippen LogP contribution in [0.3, 0.4) is 0 Å². The maximum atomic E-state index is 13.0. The normalized spacial score (nSPS) is 18.8. The summed E-state index contributed by atoms with van der Waals surface area (Å²) >= 11 is 0. The molecule has 7 heteroatoms. The summed E-state index contributed by atoms with van der Waals surface area (Å²) in [5.41, 5.74) is 2.93. The van der Waals surface area contributed by atoms with Crippen LogP contribution in [0.5, 0.6) is 0 Å². The van der Waals surface area contributed by atoms with E-state index >= 15 is 0 Å². The minimum Gasteiger partial charge on any atom is -0.322 e. The number of rotatable bonds is 7. The summed E-state index contributed by atoms with van der Waals surface area (Å²) in [4.78, 5) is 18.6. The van der Waals surface area contributed by atoms with Crippen molar-refractivity contribution >= 4 is 10.9 Å². The van der Waals surface area contributed by atoms with E-state index in [0.29, 0.717) is 18.6 Å². The van der Waals surface area contributed by atoms with E-state index in [-0.39, 0.29) is 11.6 Å². The Bertz CT molecular complexity index is 1120. The van der Waals surface area contributed by atoms with Crippen molar-refractivity contribution < 1.29 is 0 Å². The van der Waals surface area contributed by atoms with Crippen LogP contribution in [0.2, 0.25) is 0 Å². The molecule has 1 aromatic carbocycles. The molecule has 3 aromatic rings. The topological polar surface area (TPSA) is 79.7 Å². The Hall–Kier alpha value is -2.54. The molecule has 5 rings (SSSR count). The van der Waals surface area contributed by atoms with Crippen LogP contribution in [0.4, 0.5) is 0 Å². The first kappa shape index (κ1) is 21.3. The standard InChI is InChI=1S/C25H34N6O/c1-3-23(24-27-28-29-31(24)21-10-6-7-11-21)30(20-8-4-5-9-20)16-19-15-18-14-17(2)12-13-22(18)26-25(19)32/h12-15,20-21,23H,3-11,16H2,1-2H3,(H,26,32)/t23-/m1/s1. The number of aryl methyl sites for hydroxylation is 1. The van der Waals surface area contributed by atoms with E-state index in [9.17, 15) is 4.79 Å². The molecule has 2 fully saturated rings. The van der Waals surface area contributed by atoms with Gasteiger partial charge >= 0.3 is 0 Å². The van der Waals surface area contributed by atoms with E-state index in [1.165, 1.54) is 44.1 Å². The lowest BCUT2D eigenvalue weighted by Gasteiger charge is -2.35. The molecule has 1 N–H and O–H groups in total. The molecular weight excluding hydrogens is 400 g/mol. The van der Waals surface area contributed by atoms with E-state index in [2.05, 4.69) is 56.1 Å². The van der Waals surface area contributed by atoms with Gasteiger partial charge in [-0.1, -0.05) is 44.2 Å². The van der Waals surface area contributed by atoms with Gasteiger partial charge in [-0.3, -0.25) is 9.69 Å². The Morgan fingerprint density at radius 3 is 2.62 bits per heavy atom. The molecule has 7 nitrogen and oxygen atoms in total. The first-order chi connectivity index (χ1) is 15.6. The summed E-state index contributed by atoms with van der Waals surface area (Å²) in [5, 5.41) is 14.1. The molecule has 0 bridgehead atoms. The molecule has 0 unspecified atom stereocenters. The van der Waals surface area contributed by atoms with Gasteiger partial charge in [0.25, 0.3) is 5.56 Å². The Labute approximate surface area is 189 Å². The largest absolute Gasteiger partial charge is 0.322 e. The summed E-state index contributed by atoms with van der Waals surface area (Å²) in [5.74, 6) is 0.972. The number of benzene rings is 1. The van der Waals surface area contributed by atoms with E-state index in [1.807, 2.05) is 12.1 Å². The quantitative estimate of drug-likeness (QED) is 0.576. The first-order valence-corrected chi connectivity index (χ1v) is 12.3. The van der Waals surface area contributed by atoms with E-state index < -0.39 is 0 Å². The molecule has 0 radical (unpaired) electrons. The molecule has 0 saturated heterocycles. The molecule has 0 spiro atoms. The lowest BCUT2D eigenvalue weighted by atomic mass is 10.0. The molecule has 32 heavy (non-hydrogen) atoms. The molecule has 2 heterocycles. The molecule has 0 aliphatic heterocycles. The number of hydrogen-bond acceptors (Lipinski definition) is 5. The Kier molecular flexibility index (Phi) is 6.09. The van der Waals surface area contributed by atoms with Gasteiger partial charge in [0.1, 0.15) is 0 Å². The van der Waals surface area contributed by atoms with Gasteiger partial charge < -0.3 is 4.98 Å². The minimum atomic E-state index is 0.00888. The van der Waals surface area contributed by atoms with E-state index in [1.54, 1.807) is 0 Å². The van der Waals surface area contributed by atoms with Gasteiger partial charge in [0.2, 0.25) is 0 Å². The molecule has 0 amide bonds. The van der Waals surface area contributed by atoms with Crippen molar-refractivity contribution in [2.24, 2.45) is 0 Å². The fraction of sp³-hybridized carbons (Fsp3) is 0.600. The monoisotopic (exact) mass is 434 g/mol. The highest BCUT2D eigenvalue weighted by Crippen LogP contribution is 2.36. The smallest absolute Gasteiger partial charge is 0.252 e. The van der Waals surface area contributed by atoms with Crippen LogP contribution < -0.4 is 5.56 Å². The van der Waals surface area contributed by atoms with Crippen molar-refractivity contribution in [1.82, 2.24) is 30.1 Å². The number of nitrogens with one attached hydrogen (secondary N) is 1. The first-order valence-electron chi connectivity index (χ1n) is 12.3. The second-order valence-electron chi connectivity index (χ2n) is 9.67. The number of aromatic amines is 1. The second-order valence-corrected chi connectivity index (χ2v) is 9.67. The average molecular weight is 435 g/mol. The summed E-state index contributed by atoms with van der Waals surface area (Å²) < 4.78 is 2.09. The van der Waals surface area contributed by atoms with Crippen molar-refractivity contribution in [3.05, 3.63) is 51.6 Å². The van der Waals surface area contributed by atoms with Gasteiger partial charge in [0.15, 0.2) is 5.82 Å². The molecular formula is C25H34N6O. The fourth-order valence-corrected chi connectivity index (χ4v) is 5.81. The van der Waals surface area contributed by atoms with Crippen molar-refractivity contribution in [2.75, 3.05) is 0 Å². The molecule has 170 valence electrons. The van der Waals surface area contributed by atoms with E-state index in [4.69, 9.17) is 0 Å². The van der Waals surface area contributed by atoms with Crippen LogP contribution in [-0.4, -0.2) is 36.1 Å². The maximum absolute atomic E-state index is 13.0. The highest BCUT2D eigenvalue weighted by Gasteiger charge is 2.34. The zero-order chi connectivity index (χ0) is 22.1. The number of tetrazole rings is 1. The van der Waals surface area contributed by atoms with Gasteiger partial charge in [0.05, 0.1) is 12.1 Å². The number of hydrogen-bond donors (Lipinski definition) is 1. The summed E-state index contributed by atoms with van der Waals surface area (Å²) in [7, 11) is 0. The maximum Gasteiger partial charge on any atom is 0.252 e. The van der Waals surface area contributed by atoms with Crippen LogP contribution in [0.25, 0.3) is 10.9 Å². The molecule has 1 atom stereocenters. The van der Waals surface area contributed by atoms with Crippen molar-refractivity contribution in [3.63, 3.8) is 0 Å². The van der Waals surface area contributed by atoms with Gasteiger partial charge in [-0.2, -0.15) is 0 Å². The van der Waals surface area contributed by atoms with Crippen LogP contribution >= 0.6 is 0 Å². The fourth-order valence-electron chi connectivity index (χ4n) is 5.81. The number of pyridine rings is 1. The number of aromatic nitrogens is 5. The summed E-state index contributed by atoms with van der Waals surface area (Å²) in [6.07, 6.45) is 10.6. The third-order valence-electron chi connectivity index (χ3n) is 7.50. The van der Waals surface area contributed by atoms with Crippen LogP contribution in [0.15, 0.2) is 29.1 Å². The van der Waals surface area contributed by atoms with Crippen molar-refractivity contribution in [2.45, 2.75) is 96.3 Å². The molecule has 2 aliphatic rings. The highest BCUT2D eigenvalue weighted by molar-refractivity contribution is 5.79. The Morgan fingerprint density at radius 1 is 1.12 bits per heavy atom. The summed E-state index contributed by atoms with van der Waals surface area (Å²) in [6.45, 7) is 4.93. The third-order valence-corrected chi connectivity index (χ3v) is 7.50. The van der Waals surface area contributed by atoms with Crippen molar-refractivity contribution in [3.8, 4) is 0 Å². The van der Waals surface area contributed by atoms with Crippen LogP contribution in [0, 0.1) is 6.92 Å². The van der Waals surface area contributed by atoms with Gasteiger partial charge in [-0.05, 0) is 73.0 Å². The van der Waals surface area contributed by atoms with Crippen LogP contribution in [-0.2, 0) is 6.54 Å². The molecule has 2 aromatic heterocycles. The minimum absolute atomic E-state index is 0.00888. The molecule has 2 saturated carbocycles. The SMILES string of the molecule is CC[C@H](c1nnnn1C1CCCC1)N(Cc1cc2cc(C)ccc2[nH]c1=O)C1CCCC1. The number of fused-ring (bicyclic) bond motifs is 1. The van der Waals surface area contributed by atoms with Gasteiger partial charge in [-0.15, -0.1) is 5.10 Å². The zero-order valence-corrected chi connectivity index (χ0v) is 19.3.